The van der Waals surface area contributed by atoms with E-state index in [1.165, 1.54) is 23.6 Å². The molecule has 1 aromatic heterocycles. The standard InChI is InChI=1S/C24H14Cl3N3O4S/c25-16-5-3-6-17(20(16)27)29-22(31)23(32)30-28-12-13-8-10-14(11-9-13)34-24(33)21-19(26)15-4-1-2-7-18(15)35-21/h1-12H,(H,29,31)(H,30,32)/b28-12-. The number of carbonyl (C=O) groups is 3. The molecule has 0 aliphatic heterocycles. The van der Waals surface area contributed by atoms with Gasteiger partial charge in [-0.25, -0.2) is 10.2 Å². The van der Waals surface area contributed by atoms with E-state index in [0.717, 1.165) is 10.1 Å². The summed E-state index contributed by atoms with van der Waals surface area (Å²) in [5.41, 5.74) is 2.90. The minimum Gasteiger partial charge on any atom is -0.422 e. The predicted molar refractivity (Wildman–Crippen MR) is 139 cm³/mol. The Morgan fingerprint density at radius 2 is 1.60 bits per heavy atom. The predicted octanol–water partition coefficient (Wildman–Crippen LogP) is 6.17. The maximum absolute atomic E-state index is 12.5. The number of halogens is 3. The first-order valence-electron chi connectivity index (χ1n) is 9.91. The first-order valence-corrected chi connectivity index (χ1v) is 11.9. The van der Waals surface area contributed by atoms with E-state index in [9.17, 15) is 14.4 Å². The van der Waals surface area contributed by atoms with Crippen LogP contribution in [0.3, 0.4) is 0 Å². The molecule has 1 heterocycles. The summed E-state index contributed by atoms with van der Waals surface area (Å²) < 4.78 is 6.31. The van der Waals surface area contributed by atoms with Crippen LogP contribution in [0.2, 0.25) is 15.1 Å². The number of anilines is 1. The highest BCUT2D eigenvalue weighted by molar-refractivity contribution is 7.21. The van der Waals surface area contributed by atoms with E-state index in [4.69, 9.17) is 39.5 Å². The van der Waals surface area contributed by atoms with Crippen LogP contribution in [0.4, 0.5) is 5.69 Å². The molecule has 0 saturated heterocycles. The van der Waals surface area contributed by atoms with Gasteiger partial charge in [0, 0.05) is 10.1 Å². The minimum absolute atomic E-state index is 0.120. The van der Waals surface area contributed by atoms with Crippen molar-refractivity contribution in [2.45, 2.75) is 0 Å². The monoisotopic (exact) mass is 545 g/mol. The lowest BCUT2D eigenvalue weighted by Gasteiger charge is -2.07. The van der Waals surface area contributed by atoms with Crippen LogP contribution in [0.15, 0.2) is 71.8 Å². The van der Waals surface area contributed by atoms with Gasteiger partial charge >= 0.3 is 17.8 Å². The highest BCUT2D eigenvalue weighted by Crippen LogP contribution is 2.35. The Morgan fingerprint density at radius 3 is 2.34 bits per heavy atom. The number of ether oxygens (including phenoxy) is 1. The van der Waals surface area contributed by atoms with E-state index >= 15 is 0 Å². The lowest BCUT2D eigenvalue weighted by molar-refractivity contribution is -0.136. The van der Waals surface area contributed by atoms with Gasteiger partial charge in [-0.1, -0.05) is 59.1 Å². The number of amides is 2. The lowest BCUT2D eigenvalue weighted by atomic mass is 10.2. The van der Waals surface area contributed by atoms with Gasteiger partial charge in [0.25, 0.3) is 0 Å². The number of esters is 1. The number of nitrogens with zero attached hydrogens (tertiary/aromatic N) is 1. The molecule has 7 nitrogen and oxygen atoms in total. The third-order valence-electron chi connectivity index (χ3n) is 4.60. The molecule has 176 valence electrons. The highest BCUT2D eigenvalue weighted by Gasteiger charge is 2.19. The van der Waals surface area contributed by atoms with Gasteiger partial charge in [-0.15, -0.1) is 11.3 Å². The van der Waals surface area contributed by atoms with Crippen molar-refractivity contribution in [1.82, 2.24) is 5.43 Å². The van der Waals surface area contributed by atoms with Gasteiger partial charge < -0.3 is 10.1 Å². The molecule has 0 aliphatic carbocycles. The lowest BCUT2D eigenvalue weighted by Crippen LogP contribution is -2.32. The molecule has 0 radical (unpaired) electrons. The average molecular weight is 547 g/mol. The van der Waals surface area contributed by atoms with E-state index in [0.29, 0.717) is 21.2 Å². The van der Waals surface area contributed by atoms with Crippen molar-refractivity contribution >= 4 is 85.9 Å². The molecule has 0 atom stereocenters. The van der Waals surface area contributed by atoms with Crippen LogP contribution >= 0.6 is 46.1 Å². The number of carbonyl (C=O) groups excluding carboxylic acids is 3. The van der Waals surface area contributed by atoms with Gasteiger partial charge in [-0.3, -0.25) is 9.59 Å². The summed E-state index contributed by atoms with van der Waals surface area (Å²) in [5, 5.41) is 7.62. The van der Waals surface area contributed by atoms with Crippen molar-refractivity contribution in [1.29, 1.82) is 0 Å². The Balaban J connectivity index is 1.33. The van der Waals surface area contributed by atoms with Gasteiger partial charge in [-0.2, -0.15) is 5.10 Å². The topological polar surface area (TPSA) is 96.9 Å². The van der Waals surface area contributed by atoms with E-state index in [2.05, 4.69) is 15.8 Å². The number of hydrazone groups is 1. The van der Waals surface area contributed by atoms with Crippen LogP contribution in [0, 0.1) is 0 Å². The molecule has 0 bridgehead atoms. The van der Waals surface area contributed by atoms with Crippen molar-refractivity contribution in [2.24, 2.45) is 5.10 Å². The van der Waals surface area contributed by atoms with Crippen molar-refractivity contribution in [2.75, 3.05) is 5.32 Å². The molecule has 0 spiro atoms. The van der Waals surface area contributed by atoms with Crippen molar-refractivity contribution in [3.8, 4) is 5.75 Å². The van der Waals surface area contributed by atoms with E-state index in [1.807, 2.05) is 24.3 Å². The second-order valence-corrected chi connectivity index (χ2v) is 9.17. The molecule has 0 saturated carbocycles. The van der Waals surface area contributed by atoms with E-state index in [1.54, 1.807) is 36.4 Å². The van der Waals surface area contributed by atoms with Crippen molar-refractivity contribution in [3.05, 3.63) is 92.2 Å². The minimum atomic E-state index is -0.997. The number of hydrogen-bond donors (Lipinski definition) is 2. The summed E-state index contributed by atoms with van der Waals surface area (Å²) in [5.74, 6) is -2.21. The Hall–Kier alpha value is -3.43. The number of fused-ring (bicyclic) bond motifs is 1. The van der Waals surface area contributed by atoms with Crippen LogP contribution in [-0.4, -0.2) is 24.0 Å². The Bertz CT molecular complexity index is 1470. The number of nitrogens with one attached hydrogen (secondary N) is 2. The van der Waals surface area contributed by atoms with E-state index < -0.39 is 17.8 Å². The largest absolute Gasteiger partial charge is 0.422 e. The molecular formula is C24H14Cl3N3O4S. The second-order valence-electron chi connectivity index (χ2n) is 6.95. The first-order chi connectivity index (χ1) is 16.8. The van der Waals surface area contributed by atoms with Crippen LogP contribution < -0.4 is 15.5 Å². The van der Waals surface area contributed by atoms with Crippen LogP contribution in [-0.2, 0) is 9.59 Å². The van der Waals surface area contributed by atoms with Gasteiger partial charge in [0.15, 0.2) is 0 Å². The number of thiophene rings is 1. The van der Waals surface area contributed by atoms with Crippen molar-refractivity contribution in [3.63, 3.8) is 0 Å². The van der Waals surface area contributed by atoms with Crippen LogP contribution in [0.1, 0.15) is 15.2 Å². The fourth-order valence-electron chi connectivity index (χ4n) is 2.92. The maximum Gasteiger partial charge on any atom is 0.355 e. The van der Waals surface area contributed by atoms with Gasteiger partial charge in [0.1, 0.15) is 10.6 Å². The Kier molecular flexibility index (Phi) is 7.67. The normalized spacial score (nSPS) is 10.9. The number of hydrogen-bond acceptors (Lipinski definition) is 6. The average Bonchev–Trinajstić information content (AvgIpc) is 3.19. The number of rotatable bonds is 5. The quantitative estimate of drug-likeness (QED) is 0.103. The summed E-state index contributed by atoms with van der Waals surface area (Å²) in [6, 6.07) is 18.5. The summed E-state index contributed by atoms with van der Waals surface area (Å²) in [7, 11) is 0. The molecule has 0 unspecified atom stereocenters. The Labute approximate surface area is 218 Å². The summed E-state index contributed by atoms with van der Waals surface area (Å²) >= 11 is 19.5. The maximum atomic E-state index is 12.5. The molecule has 3 aromatic carbocycles. The zero-order chi connectivity index (χ0) is 24.9. The van der Waals surface area contributed by atoms with Crippen LogP contribution in [0.25, 0.3) is 10.1 Å². The SMILES string of the molecule is O=C(N/N=C\c1ccc(OC(=O)c2sc3ccccc3c2Cl)cc1)C(=O)Nc1cccc(Cl)c1Cl. The third-order valence-corrected chi connectivity index (χ3v) is 7.07. The fourth-order valence-corrected chi connectivity index (χ4v) is 4.65. The highest BCUT2D eigenvalue weighted by atomic mass is 35.5. The molecule has 0 fully saturated rings. The zero-order valence-corrected chi connectivity index (χ0v) is 20.6. The zero-order valence-electron chi connectivity index (χ0n) is 17.6. The Morgan fingerprint density at radius 1 is 0.857 bits per heavy atom. The van der Waals surface area contributed by atoms with Crippen molar-refractivity contribution < 1.29 is 19.1 Å². The van der Waals surface area contributed by atoms with Crippen LogP contribution in [0.5, 0.6) is 5.75 Å². The molecule has 35 heavy (non-hydrogen) atoms. The molecule has 2 N–H and O–H groups in total. The third kappa shape index (κ3) is 5.80. The molecular weight excluding hydrogens is 533 g/mol. The molecule has 4 aromatic rings. The second kappa shape index (κ2) is 10.9. The summed E-state index contributed by atoms with van der Waals surface area (Å²) in [4.78, 5) is 36.8. The number of benzene rings is 3. The van der Waals surface area contributed by atoms with E-state index in [-0.39, 0.29) is 15.7 Å². The summed E-state index contributed by atoms with van der Waals surface area (Å²) in [6.07, 6.45) is 1.33. The fraction of sp³-hybridized carbons (Fsp3) is 0. The molecule has 11 heteroatoms. The first kappa shape index (κ1) is 24.7. The summed E-state index contributed by atoms with van der Waals surface area (Å²) in [6.45, 7) is 0. The molecule has 4 rings (SSSR count). The van der Waals surface area contributed by atoms with Gasteiger partial charge in [0.05, 0.1) is 27.0 Å². The van der Waals surface area contributed by atoms with Gasteiger partial charge in [-0.05, 0) is 48.0 Å². The molecule has 2 amide bonds. The molecule has 0 aliphatic rings. The van der Waals surface area contributed by atoms with Gasteiger partial charge in [0.2, 0.25) is 0 Å². The smallest absolute Gasteiger partial charge is 0.355 e.